The second-order valence-electron chi connectivity index (χ2n) is 5.04. The molecule has 2 aromatic carbocycles. The molecule has 1 unspecified atom stereocenters. The van der Waals surface area contributed by atoms with Gasteiger partial charge in [0.1, 0.15) is 11.6 Å². The number of anilines is 2. The number of amides is 2. The number of fused-ring (bicyclic) bond motifs is 1. The molecule has 0 saturated heterocycles. The monoisotopic (exact) mass is 300 g/mol. The molecule has 0 fully saturated rings. The van der Waals surface area contributed by atoms with Crippen LogP contribution in [0.2, 0.25) is 0 Å². The van der Waals surface area contributed by atoms with Crippen LogP contribution in [0, 0.1) is 5.82 Å². The highest BCUT2D eigenvalue weighted by atomic mass is 19.1. The molecule has 0 aromatic heterocycles. The van der Waals surface area contributed by atoms with Crippen molar-refractivity contribution >= 4 is 23.2 Å². The van der Waals surface area contributed by atoms with Crippen LogP contribution < -0.4 is 10.6 Å². The average molecular weight is 300 g/mol. The van der Waals surface area contributed by atoms with E-state index in [0.717, 1.165) is 0 Å². The average Bonchev–Trinajstić information content (AvgIpc) is 2.48. The summed E-state index contributed by atoms with van der Waals surface area (Å²) < 4.78 is 13.3. The van der Waals surface area contributed by atoms with Crippen molar-refractivity contribution in [2.45, 2.75) is 12.3 Å². The Balaban J connectivity index is 1.90. The molecule has 3 rings (SSSR count). The van der Waals surface area contributed by atoms with Crippen LogP contribution in [0.1, 0.15) is 17.9 Å². The van der Waals surface area contributed by atoms with Gasteiger partial charge in [-0.05, 0) is 29.8 Å². The van der Waals surface area contributed by atoms with E-state index in [9.17, 15) is 19.1 Å². The molecule has 3 N–H and O–H groups in total. The minimum Gasteiger partial charge on any atom is -0.506 e. The standard InChI is InChI=1S/C16H13FN2O3/c17-9-5-6-10-11(8-15(21)18-13(10)7-9)16(22)19-12-3-1-2-4-14(12)20/h1-7,11,20H,8H2,(H,18,21)(H,19,22). The van der Waals surface area contributed by atoms with Crippen molar-refractivity contribution in [2.75, 3.05) is 10.6 Å². The molecule has 1 aliphatic rings. The smallest absolute Gasteiger partial charge is 0.232 e. The van der Waals surface area contributed by atoms with Crippen LogP contribution in [-0.4, -0.2) is 16.9 Å². The maximum atomic E-state index is 13.3. The molecule has 0 saturated carbocycles. The number of hydrogen-bond donors (Lipinski definition) is 3. The highest BCUT2D eigenvalue weighted by Crippen LogP contribution is 2.34. The Kier molecular flexibility index (Phi) is 3.50. The lowest BCUT2D eigenvalue weighted by molar-refractivity contribution is -0.123. The van der Waals surface area contributed by atoms with Gasteiger partial charge in [-0.1, -0.05) is 18.2 Å². The Morgan fingerprint density at radius 1 is 1.27 bits per heavy atom. The Morgan fingerprint density at radius 2 is 2.05 bits per heavy atom. The minimum atomic E-state index is -0.732. The quantitative estimate of drug-likeness (QED) is 0.746. The van der Waals surface area contributed by atoms with Gasteiger partial charge in [-0.25, -0.2) is 4.39 Å². The van der Waals surface area contributed by atoms with Gasteiger partial charge in [0.25, 0.3) is 0 Å². The van der Waals surface area contributed by atoms with Crippen molar-refractivity contribution in [3.63, 3.8) is 0 Å². The summed E-state index contributed by atoms with van der Waals surface area (Å²) in [5, 5.41) is 14.8. The number of para-hydroxylation sites is 2. The molecule has 0 aliphatic carbocycles. The van der Waals surface area contributed by atoms with Crippen molar-refractivity contribution in [3.8, 4) is 5.75 Å². The first-order valence-electron chi connectivity index (χ1n) is 6.73. The third-order valence-corrected chi connectivity index (χ3v) is 3.53. The zero-order chi connectivity index (χ0) is 15.7. The number of halogens is 1. The number of benzene rings is 2. The first-order chi connectivity index (χ1) is 10.5. The molecule has 0 bridgehead atoms. The van der Waals surface area contributed by atoms with Crippen LogP contribution in [0.5, 0.6) is 5.75 Å². The summed E-state index contributed by atoms with van der Waals surface area (Å²) in [6.45, 7) is 0. The zero-order valence-electron chi connectivity index (χ0n) is 11.5. The van der Waals surface area contributed by atoms with Gasteiger partial charge in [-0.15, -0.1) is 0 Å². The molecule has 1 aliphatic heterocycles. The molecule has 1 heterocycles. The SMILES string of the molecule is O=C1CC(C(=O)Nc2ccccc2O)c2ccc(F)cc2N1. The molecule has 2 aromatic rings. The van der Waals surface area contributed by atoms with E-state index in [0.29, 0.717) is 11.3 Å². The highest BCUT2D eigenvalue weighted by molar-refractivity contribution is 6.05. The van der Waals surface area contributed by atoms with Crippen LogP contribution >= 0.6 is 0 Å². The van der Waals surface area contributed by atoms with Crippen molar-refractivity contribution in [2.24, 2.45) is 0 Å². The van der Waals surface area contributed by atoms with Crippen molar-refractivity contribution < 1.29 is 19.1 Å². The molecule has 0 radical (unpaired) electrons. The molecule has 22 heavy (non-hydrogen) atoms. The first kappa shape index (κ1) is 14.1. The molecule has 0 spiro atoms. The van der Waals surface area contributed by atoms with Crippen molar-refractivity contribution in [1.82, 2.24) is 0 Å². The fourth-order valence-electron chi connectivity index (χ4n) is 2.47. The van der Waals surface area contributed by atoms with E-state index in [-0.39, 0.29) is 23.8 Å². The van der Waals surface area contributed by atoms with E-state index >= 15 is 0 Å². The number of rotatable bonds is 2. The molecular weight excluding hydrogens is 287 g/mol. The fourth-order valence-corrected chi connectivity index (χ4v) is 2.47. The summed E-state index contributed by atoms with van der Waals surface area (Å²) in [7, 11) is 0. The number of carbonyl (C=O) groups excluding carboxylic acids is 2. The van der Waals surface area contributed by atoms with Gasteiger partial charge in [0.05, 0.1) is 11.6 Å². The number of aromatic hydroxyl groups is 1. The summed E-state index contributed by atoms with van der Waals surface area (Å²) in [6.07, 6.45) is -0.0297. The number of phenolic OH excluding ortho intramolecular Hbond substituents is 1. The van der Waals surface area contributed by atoms with Crippen LogP contribution in [0.25, 0.3) is 0 Å². The maximum Gasteiger partial charge on any atom is 0.232 e. The summed E-state index contributed by atoms with van der Waals surface area (Å²) in [4.78, 5) is 24.1. The van der Waals surface area contributed by atoms with Gasteiger partial charge in [0, 0.05) is 12.1 Å². The maximum absolute atomic E-state index is 13.3. The molecular formula is C16H13FN2O3. The lowest BCUT2D eigenvalue weighted by atomic mass is 9.89. The normalized spacial score (nSPS) is 16.6. The lowest BCUT2D eigenvalue weighted by Gasteiger charge is -2.25. The van der Waals surface area contributed by atoms with Gasteiger partial charge in [-0.2, -0.15) is 0 Å². The van der Waals surface area contributed by atoms with Crippen LogP contribution in [0.4, 0.5) is 15.8 Å². The van der Waals surface area contributed by atoms with E-state index in [2.05, 4.69) is 10.6 Å². The zero-order valence-corrected chi connectivity index (χ0v) is 11.5. The van der Waals surface area contributed by atoms with Gasteiger partial charge in [-0.3, -0.25) is 9.59 Å². The predicted octanol–water partition coefficient (Wildman–Crippen LogP) is 2.60. The van der Waals surface area contributed by atoms with E-state index in [1.54, 1.807) is 18.2 Å². The topological polar surface area (TPSA) is 78.4 Å². The van der Waals surface area contributed by atoms with Gasteiger partial charge in [0.2, 0.25) is 11.8 Å². The summed E-state index contributed by atoms with van der Waals surface area (Å²) >= 11 is 0. The van der Waals surface area contributed by atoms with Gasteiger partial charge >= 0.3 is 0 Å². The Bertz CT molecular complexity index is 761. The highest BCUT2D eigenvalue weighted by Gasteiger charge is 2.31. The molecule has 6 heteroatoms. The minimum absolute atomic E-state index is 0.0297. The number of phenols is 1. The Hall–Kier alpha value is -2.89. The number of nitrogens with one attached hydrogen (secondary N) is 2. The fraction of sp³-hybridized carbons (Fsp3) is 0.125. The predicted molar refractivity (Wildman–Crippen MR) is 79.1 cm³/mol. The Morgan fingerprint density at radius 3 is 2.82 bits per heavy atom. The van der Waals surface area contributed by atoms with E-state index in [4.69, 9.17) is 0 Å². The lowest BCUT2D eigenvalue weighted by Crippen LogP contribution is -2.30. The number of hydrogen-bond acceptors (Lipinski definition) is 3. The first-order valence-corrected chi connectivity index (χ1v) is 6.73. The van der Waals surface area contributed by atoms with Crippen LogP contribution in [-0.2, 0) is 9.59 Å². The molecule has 112 valence electrons. The third-order valence-electron chi connectivity index (χ3n) is 3.53. The van der Waals surface area contributed by atoms with Crippen molar-refractivity contribution in [1.29, 1.82) is 0 Å². The summed E-state index contributed by atoms with van der Waals surface area (Å²) in [5.41, 5.74) is 1.12. The molecule has 2 amide bonds. The summed E-state index contributed by atoms with van der Waals surface area (Å²) in [6, 6.07) is 10.2. The molecule has 1 atom stereocenters. The second kappa shape index (κ2) is 5.48. The Labute approximate surface area is 125 Å². The van der Waals surface area contributed by atoms with Crippen LogP contribution in [0.3, 0.4) is 0 Å². The van der Waals surface area contributed by atoms with E-state index in [1.165, 1.54) is 24.3 Å². The van der Waals surface area contributed by atoms with Gasteiger partial charge in [0.15, 0.2) is 0 Å². The summed E-state index contributed by atoms with van der Waals surface area (Å²) in [5.74, 6) is -2.06. The molecule has 5 nitrogen and oxygen atoms in total. The third kappa shape index (κ3) is 2.63. The van der Waals surface area contributed by atoms with Gasteiger partial charge < -0.3 is 15.7 Å². The second-order valence-corrected chi connectivity index (χ2v) is 5.04. The van der Waals surface area contributed by atoms with Crippen LogP contribution in [0.15, 0.2) is 42.5 Å². The van der Waals surface area contributed by atoms with Crippen molar-refractivity contribution in [3.05, 3.63) is 53.8 Å². The largest absolute Gasteiger partial charge is 0.506 e. The van der Waals surface area contributed by atoms with E-state index < -0.39 is 17.6 Å². The number of carbonyl (C=O) groups is 2. The van der Waals surface area contributed by atoms with E-state index in [1.807, 2.05) is 0 Å².